The minimum atomic E-state index is -0.954. The zero-order valence-corrected chi connectivity index (χ0v) is 14.2. The van der Waals surface area contributed by atoms with E-state index in [-0.39, 0.29) is 6.10 Å². The van der Waals surface area contributed by atoms with Crippen LogP contribution in [-0.2, 0) is 23.7 Å². The molecule has 0 bridgehead atoms. The molecule has 24 heavy (non-hydrogen) atoms. The van der Waals surface area contributed by atoms with Crippen LogP contribution in [0.2, 0.25) is 0 Å². The Bertz CT molecular complexity index is 606. The van der Waals surface area contributed by atoms with Crippen molar-refractivity contribution in [3.63, 3.8) is 0 Å². The summed E-state index contributed by atoms with van der Waals surface area (Å²) >= 11 is 0. The smallest absolute Gasteiger partial charge is 0.190 e. The topological polar surface area (TPSA) is 79.3 Å². The van der Waals surface area contributed by atoms with Crippen LogP contribution < -0.4 is 0 Å². The van der Waals surface area contributed by atoms with Gasteiger partial charge in [0.15, 0.2) is 17.9 Å². The molecule has 1 aromatic rings. The summed E-state index contributed by atoms with van der Waals surface area (Å²) in [6, 6.07) is 5.38. The van der Waals surface area contributed by atoms with Gasteiger partial charge in [-0.25, -0.2) is 0 Å². The van der Waals surface area contributed by atoms with Gasteiger partial charge in [0.25, 0.3) is 0 Å². The van der Waals surface area contributed by atoms with E-state index in [2.05, 4.69) is 4.98 Å². The second-order valence-corrected chi connectivity index (χ2v) is 7.33. The second kappa shape index (κ2) is 5.45. The molecule has 0 aromatic carbocycles. The zero-order chi connectivity index (χ0) is 17.1. The maximum absolute atomic E-state index is 10.8. The van der Waals surface area contributed by atoms with Crippen molar-refractivity contribution in [3.05, 3.63) is 30.1 Å². The van der Waals surface area contributed by atoms with Crippen LogP contribution >= 0.6 is 0 Å². The summed E-state index contributed by atoms with van der Waals surface area (Å²) in [6.07, 6.45) is -1.87. The number of aromatic nitrogens is 1. The number of nitrogens with zero attached hydrogens (tertiary/aromatic N) is 1. The van der Waals surface area contributed by atoms with Gasteiger partial charge in [-0.15, -0.1) is 0 Å². The largest absolute Gasteiger partial charge is 0.384 e. The van der Waals surface area contributed by atoms with E-state index in [0.29, 0.717) is 5.69 Å². The van der Waals surface area contributed by atoms with Crippen LogP contribution in [0.25, 0.3) is 0 Å². The van der Waals surface area contributed by atoms with Crippen molar-refractivity contribution in [1.29, 1.82) is 0 Å². The monoisotopic (exact) mass is 337 g/mol. The van der Waals surface area contributed by atoms with Crippen LogP contribution in [0.4, 0.5) is 0 Å². The lowest BCUT2D eigenvalue weighted by atomic mass is 9.94. The molecule has 1 N–H and O–H groups in total. The van der Waals surface area contributed by atoms with Gasteiger partial charge in [-0.2, -0.15) is 0 Å². The standard InChI is InChI=1S/C17H23NO6/c1-16(2)21-12-11(10(19)9-7-5-6-8-18-9)20-15-14(13(12)22-16)23-17(3,4)24-15/h5-8,10-15,19H,1-4H3/t10-,11+,12-,13-,14+,15+/m0/s1. The summed E-state index contributed by atoms with van der Waals surface area (Å²) in [5.74, 6) is -1.56. The number of hydrogen-bond donors (Lipinski definition) is 1. The molecule has 0 saturated carbocycles. The first-order valence-corrected chi connectivity index (χ1v) is 8.21. The Morgan fingerprint density at radius 1 is 0.958 bits per heavy atom. The summed E-state index contributed by atoms with van der Waals surface area (Å²) in [4.78, 5) is 4.22. The number of hydrogen-bond acceptors (Lipinski definition) is 7. The highest BCUT2D eigenvalue weighted by atomic mass is 16.9. The lowest BCUT2D eigenvalue weighted by Gasteiger charge is -2.39. The zero-order valence-electron chi connectivity index (χ0n) is 14.2. The quantitative estimate of drug-likeness (QED) is 0.876. The Morgan fingerprint density at radius 2 is 1.62 bits per heavy atom. The van der Waals surface area contributed by atoms with Crippen LogP contribution in [0.1, 0.15) is 39.5 Å². The first kappa shape index (κ1) is 16.4. The summed E-state index contributed by atoms with van der Waals surface area (Å²) < 4.78 is 29.9. The Balaban J connectivity index is 1.65. The highest BCUT2D eigenvalue weighted by Crippen LogP contribution is 2.46. The molecular weight excluding hydrogens is 314 g/mol. The Labute approximate surface area is 140 Å². The molecule has 3 aliphatic rings. The van der Waals surface area contributed by atoms with E-state index < -0.39 is 42.3 Å². The lowest BCUT2D eigenvalue weighted by Crippen LogP contribution is -2.56. The van der Waals surface area contributed by atoms with Gasteiger partial charge in [0.05, 0.1) is 5.69 Å². The van der Waals surface area contributed by atoms with Crippen LogP contribution in [0, 0.1) is 0 Å². The predicted octanol–water partition coefficient (Wildman–Crippen LogP) is 1.51. The van der Waals surface area contributed by atoms with Gasteiger partial charge in [0.1, 0.15) is 30.5 Å². The lowest BCUT2D eigenvalue weighted by molar-refractivity contribution is -0.254. The molecule has 4 rings (SSSR count). The number of pyridine rings is 1. The van der Waals surface area contributed by atoms with Gasteiger partial charge in [0, 0.05) is 6.20 Å². The molecule has 0 aliphatic carbocycles. The summed E-state index contributed by atoms with van der Waals surface area (Å²) in [5.41, 5.74) is 0.520. The van der Waals surface area contributed by atoms with Crippen molar-refractivity contribution in [3.8, 4) is 0 Å². The van der Waals surface area contributed by atoms with Gasteiger partial charge in [-0.1, -0.05) is 6.07 Å². The fourth-order valence-electron chi connectivity index (χ4n) is 3.62. The maximum Gasteiger partial charge on any atom is 0.190 e. The van der Waals surface area contributed by atoms with Gasteiger partial charge >= 0.3 is 0 Å². The van der Waals surface area contributed by atoms with Gasteiger partial charge in [0.2, 0.25) is 0 Å². The number of rotatable bonds is 2. The SMILES string of the molecule is CC1(C)O[C@@H]2[C@H](O1)[C@H]1OC(C)(C)O[C@H]1O[C@@H]2[C@@H](O)c1ccccn1. The van der Waals surface area contributed by atoms with Crippen molar-refractivity contribution >= 4 is 0 Å². The molecule has 3 aliphatic heterocycles. The van der Waals surface area contributed by atoms with Crippen molar-refractivity contribution in [2.75, 3.05) is 0 Å². The fourth-order valence-corrected chi connectivity index (χ4v) is 3.62. The molecule has 0 radical (unpaired) electrons. The molecule has 1 aromatic heterocycles. The van der Waals surface area contributed by atoms with Gasteiger partial charge < -0.3 is 28.8 Å². The Hall–Kier alpha value is -1.09. The third-order valence-electron chi connectivity index (χ3n) is 4.49. The number of aliphatic hydroxyl groups is 1. The van der Waals surface area contributed by atoms with Crippen LogP contribution in [0.5, 0.6) is 0 Å². The molecule has 4 heterocycles. The molecule has 7 nitrogen and oxygen atoms in total. The molecule has 3 saturated heterocycles. The van der Waals surface area contributed by atoms with Crippen LogP contribution in [-0.4, -0.2) is 52.4 Å². The highest BCUT2D eigenvalue weighted by Gasteiger charge is 2.62. The Kier molecular flexibility index (Phi) is 3.72. The average molecular weight is 337 g/mol. The first-order valence-electron chi connectivity index (χ1n) is 8.21. The van der Waals surface area contributed by atoms with Crippen molar-refractivity contribution in [1.82, 2.24) is 4.98 Å². The Morgan fingerprint density at radius 3 is 2.33 bits per heavy atom. The van der Waals surface area contributed by atoms with Crippen molar-refractivity contribution < 1.29 is 28.8 Å². The first-order chi connectivity index (χ1) is 11.3. The molecular formula is C17H23NO6. The van der Waals surface area contributed by atoms with E-state index in [1.54, 1.807) is 18.3 Å². The number of aliphatic hydroxyl groups excluding tert-OH is 1. The van der Waals surface area contributed by atoms with Gasteiger partial charge in [-0.3, -0.25) is 4.98 Å². The van der Waals surface area contributed by atoms with E-state index in [4.69, 9.17) is 23.7 Å². The summed E-state index contributed by atoms with van der Waals surface area (Å²) in [5, 5.41) is 10.8. The number of ether oxygens (including phenoxy) is 5. The minimum absolute atomic E-state index is 0.385. The molecule has 7 heteroatoms. The molecule has 6 atom stereocenters. The van der Waals surface area contributed by atoms with E-state index in [1.165, 1.54) is 0 Å². The highest BCUT2D eigenvalue weighted by molar-refractivity contribution is 5.12. The normalized spacial score (nSPS) is 40.8. The van der Waals surface area contributed by atoms with E-state index in [1.807, 2.05) is 33.8 Å². The fraction of sp³-hybridized carbons (Fsp3) is 0.706. The van der Waals surface area contributed by atoms with Gasteiger partial charge in [-0.05, 0) is 39.8 Å². The molecule has 3 fully saturated rings. The molecule has 132 valence electrons. The molecule has 0 amide bonds. The third-order valence-corrected chi connectivity index (χ3v) is 4.49. The summed E-state index contributed by atoms with van der Waals surface area (Å²) in [6.45, 7) is 7.33. The number of fused-ring (bicyclic) bond motifs is 3. The molecule has 0 spiro atoms. The minimum Gasteiger partial charge on any atom is -0.384 e. The molecule has 0 unspecified atom stereocenters. The van der Waals surface area contributed by atoms with Crippen LogP contribution in [0.15, 0.2) is 24.4 Å². The van der Waals surface area contributed by atoms with Crippen molar-refractivity contribution in [2.24, 2.45) is 0 Å². The predicted molar refractivity (Wildman–Crippen MR) is 81.7 cm³/mol. The van der Waals surface area contributed by atoms with Crippen LogP contribution in [0.3, 0.4) is 0 Å². The maximum atomic E-state index is 10.8. The summed E-state index contributed by atoms with van der Waals surface area (Å²) in [7, 11) is 0. The average Bonchev–Trinajstić information content (AvgIpc) is 3.00. The second-order valence-electron chi connectivity index (χ2n) is 7.33. The van der Waals surface area contributed by atoms with Crippen molar-refractivity contribution in [2.45, 2.75) is 76.1 Å². The van der Waals surface area contributed by atoms with E-state index >= 15 is 0 Å². The van der Waals surface area contributed by atoms with E-state index in [0.717, 1.165) is 0 Å². The third kappa shape index (κ3) is 2.75. The van der Waals surface area contributed by atoms with E-state index in [9.17, 15) is 5.11 Å².